The maximum atomic E-state index is 13.6. The van der Waals surface area contributed by atoms with Crippen molar-refractivity contribution in [3.8, 4) is 17.2 Å². The highest BCUT2D eigenvalue weighted by Crippen LogP contribution is 2.35. The monoisotopic (exact) mass is 618 g/mol. The smallest absolute Gasteiger partial charge is 0.335 e. The molecule has 0 aliphatic heterocycles. The van der Waals surface area contributed by atoms with Crippen molar-refractivity contribution >= 4 is 32.3 Å². The highest BCUT2D eigenvalue weighted by Gasteiger charge is 2.23. The van der Waals surface area contributed by atoms with Crippen molar-refractivity contribution in [3.05, 3.63) is 111 Å². The molecule has 2 aromatic heterocycles. The third-order valence-corrected chi connectivity index (χ3v) is 8.75. The van der Waals surface area contributed by atoms with E-state index in [0.717, 1.165) is 16.7 Å². The summed E-state index contributed by atoms with van der Waals surface area (Å²) in [4.78, 5) is 43.9. The average molecular weight is 619 g/mol. The Labute approximate surface area is 251 Å². The number of hydrogen-bond acceptors (Lipinski definition) is 8. The number of halogens is 1. The minimum Gasteiger partial charge on any atom is -0.493 e. The van der Waals surface area contributed by atoms with Gasteiger partial charge in [0.25, 0.3) is 11.5 Å². The number of amides is 1. The van der Waals surface area contributed by atoms with Crippen molar-refractivity contribution in [2.45, 2.75) is 29.7 Å². The molecule has 0 aliphatic rings. The second kappa shape index (κ2) is 11.8. The van der Waals surface area contributed by atoms with E-state index in [1.165, 1.54) is 79.7 Å². The molecule has 5 aromatic rings. The molecule has 0 fully saturated rings. The van der Waals surface area contributed by atoms with Crippen molar-refractivity contribution in [3.63, 3.8) is 0 Å². The van der Waals surface area contributed by atoms with Gasteiger partial charge in [-0.3, -0.25) is 19.1 Å². The van der Waals surface area contributed by atoms with Crippen molar-refractivity contribution in [1.29, 1.82) is 0 Å². The fourth-order valence-electron chi connectivity index (χ4n) is 4.64. The van der Waals surface area contributed by atoms with Gasteiger partial charge in [-0.1, -0.05) is 0 Å². The first-order valence-electron chi connectivity index (χ1n) is 13.3. The maximum Gasteiger partial charge on any atom is 0.335 e. The van der Waals surface area contributed by atoms with Crippen molar-refractivity contribution in [2.24, 2.45) is 0 Å². The molecule has 226 valence electrons. The fourth-order valence-corrected chi connectivity index (χ4v) is 6.08. The number of anilines is 1. The van der Waals surface area contributed by atoms with Gasteiger partial charge in [0.2, 0.25) is 9.84 Å². The van der Waals surface area contributed by atoms with Crippen LogP contribution in [0.2, 0.25) is 0 Å². The molecule has 0 spiro atoms. The third kappa shape index (κ3) is 5.44. The molecule has 1 N–H and O–H groups in total. The zero-order chi connectivity index (χ0) is 31.8. The van der Waals surface area contributed by atoms with E-state index in [9.17, 15) is 27.2 Å². The summed E-state index contributed by atoms with van der Waals surface area (Å²) in [6.07, 6.45) is 2.55. The standard InChI is InChI=1S/C31H27FN4O7S/c1-18(2)35-17-24(30(38)36(31(35)39)21-9-5-19(32)6-10-21)29(37)34-20-7-11-22(12-8-20)44(40,41)28-13-14-33-25-16-27(43-4)26(42-3)15-23(25)28/h5-18H,1-4H3,(H,34,37). The fraction of sp³-hybridized carbons (Fsp3) is 0.161. The number of carbonyl (C=O) groups is 1. The highest BCUT2D eigenvalue weighted by molar-refractivity contribution is 7.91. The zero-order valence-corrected chi connectivity index (χ0v) is 24.9. The van der Waals surface area contributed by atoms with E-state index in [1.54, 1.807) is 19.9 Å². The van der Waals surface area contributed by atoms with Crippen molar-refractivity contribution in [2.75, 3.05) is 19.5 Å². The lowest BCUT2D eigenvalue weighted by atomic mass is 10.2. The largest absolute Gasteiger partial charge is 0.493 e. The Balaban J connectivity index is 1.49. The molecule has 11 nitrogen and oxygen atoms in total. The molecule has 5 rings (SSSR count). The first kappa shape index (κ1) is 30.2. The van der Waals surface area contributed by atoms with Gasteiger partial charge in [-0.15, -0.1) is 0 Å². The van der Waals surface area contributed by atoms with E-state index in [-0.39, 0.29) is 26.7 Å². The first-order valence-corrected chi connectivity index (χ1v) is 14.8. The van der Waals surface area contributed by atoms with Gasteiger partial charge in [-0.2, -0.15) is 0 Å². The number of hydrogen-bond donors (Lipinski definition) is 1. The molecule has 0 aliphatic carbocycles. The van der Waals surface area contributed by atoms with Crippen LogP contribution in [0.5, 0.6) is 11.5 Å². The Morgan fingerprint density at radius 3 is 2.18 bits per heavy atom. The van der Waals surface area contributed by atoms with Crippen LogP contribution in [0.25, 0.3) is 16.6 Å². The predicted octanol–water partition coefficient (Wildman–Crippen LogP) is 4.37. The number of benzene rings is 3. The summed E-state index contributed by atoms with van der Waals surface area (Å²) in [7, 11) is -1.13. The summed E-state index contributed by atoms with van der Waals surface area (Å²) < 4.78 is 53.4. The van der Waals surface area contributed by atoms with Gasteiger partial charge in [0, 0.05) is 35.6 Å². The number of fused-ring (bicyclic) bond motifs is 1. The van der Waals surface area contributed by atoms with Crippen LogP contribution < -0.4 is 26.0 Å². The van der Waals surface area contributed by atoms with Crippen molar-refractivity contribution in [1.82, 2.24) is 14.1 Å². The molecule has 2 heterocycles. The van der Waals surface area contributed by atoms with Gasteiger partial charge in [-0.05, 0) is 74.5 Å². The number of nitrogens with zero attached hydrogens (tertiary/aromatic N) is 3. The number of rotatable bonds is 8. The predicted molar refractivity (Wildman–Crippen MR) is 161 cm³/mol. The van der Waals surface area contributed by atoms with Crippen LogP contribution in [0.3, 0.4) is 0 Å². The number of aromatic nitrogens is 3. The number of pyridine rings is 1. The Bertz CT molecular complexity index is 2120. The van der Waals surface area contributed by atoms with Crippen LogP contribution in [0, 0.1) is 5.82 Å². The minimum atomic E-state index is -4.04. The molecule has 1 amide bonds. The molecule has 0 atom stereocenters. The topological polar surface area (TPSA) is 139 Å². The number of methoxy groups -OCH3 is 2. The summed E-state index contributed by atoms with van der Waals surface area (Å²) in [5.74, 6) is -0.639. The van der Waals surface area contributed by atoms with Gasteiger partial charge in [-0.25, -0.2) is 22.2 Å². The maximum absolute atomic E-state index is 13.6. The number of ether oxygens (including phenoxy) is 2. The molecule has 3 aromatic carbocycles. The van der Waals surface area contributed by atoms with Gasteiger partial charge < -0.3 is 14.8 Å². The summed E-state index contributed by atoms with van der Waals surface area (Å²) in [6.45, 7) is 3.42. The number of sulfone groups is 1. The summed E-state index contributed by atoms with van der Waals surface area (Å²) in [6, 6.07) is 14.3. The van der Waals surface area contributed by atoms with Crippen LogP contribution in [-0.4, -0.2) is 42.7 Å². The lowest BCUT2D eigenvalue weighted by Crippen LogP contribution is -2.42. The van der Waals surface area contributed by atoms with E-state index in [2.05, 4.69) is 10.3 Å². The molecule has 0 saturated carbocycles. The van der Waals surface area contributed by atoms with Crippen LogP contribution in [0.15, 0.2) is 98.5 Å². The molecular formula is C31H27FN4O7S. The van der Waals surface area contributed by atoms with Crippen LogP contribution in [0.4, 0.5) is 10.1 Å². The lowest BCUT2D eigenvalue weighted by Gasteiger charge is -2.16. The Kier molecular flexibility index (Phi) is 8.07. The molecule has 0 radical (unpaired) electrons. The summed E-state index contributed by atoms with van der Waals surface area (Å²) in [5.41, 5.74) is -1.24. The summed E-state index contributed by atoms with van der Waals surface area (Å²) >= 11 is 0. The first-order chi connectivity index (χ1) is 21.0. The van der Waals surface area contributed by atoms with Gasteiger partial charge in [0.05, 0.1) is 35.2 Å². The van der Waals surface area contributed by atoms with E-state index in [0.29, 0.717) is 22.4 Å². The molecule has 13 heteroatoms. The molecular weight excluding hydrogens is 591 g/mol. The molecule has 0 saturated heterocycles. The quantitative estimate of drug-likeness (QED) is 0.271. The summed E-state index contributed by atoms with van der Waals surface area (Å²) in [5, 5.41) is 2.92. The van der Waals surface area contributed by atoms with E-state index < -0.39 is 38.9 Å². The lowest BCUT2D eigenvalue weighted by molar-refractivity contribution is 0.102. The van der Waals surface area contributed by atoms with Crippen LogP contribution in [0.1, 0.15) is 30.2 Å². The Morgan fingerprint density at radius 2 is 1.57 bits per heavy atom. The minimum absolute atomic E-state index is 0.00229. The normalized spacial score (nSPS) is 11.5. The van der Waals surface area contributed by atoms with E-state index in [1.807, 2.05) is 0 Å². The van der Waals surface area contributed by atoms with Crippen LogP contribution in [-0.2, 0) is 9.84 Å². The third-order valence-electron chi connectivity index (χ3n) is 6.92. The van der Waals surface area contributed by atoms with E-state index >= 15 is 0 Å². The van der Waals surface area contributed by atoms with Gasteiger partial charge >= 0.3 is 5.69 Å². The Morgan fingerprint density at radius 1 is 0.932 bits per heavy atom. The number of carbonyl (C=O) groups excluding carboxylic acids is 1. The second-order valence-corrected chi connectivity index (χ2v) is 11.9. The van der Waals surface area contributed by atoms with E-state index in [4.69, 9.17) is 9.47 Å². The highest BCUT2D eigenvalue weighted by atomic mass is 32.2. The SMILES string of the molecule is COc1cc2nccc(S(=O)(=O)c3ccc(NC(=O)c4cn(C(C)C)c(=O)n(-c5ccc(F)cc5)c4=O)cc3)c2cc1OC. The van der Waals surface area contributed by atoms with Gasteiger partial charge in [0.15, 0.2) is 11.5 Å². The molecule has 0 bridgehead atoms. The van der Waals surface area contributed by atoms with Gasteiger partial charge in [0.1, 0.15) is 11.4 Å². The van der Waals surface area contributed by atoms with Crippen LogP contribution >= 0.6 is 0 Å². The average Bonchev–Trinajstić information content (AvgIpc) is 3.01. The molecule has 44 heavy (non-hydrogen) atoms. The Hall–Kier alpha value is -5.30. The molecule has 0 unspecified atom stereocenters. The van der Waals surface area contributed by atoms with Crippen molar-refractivity contribution < 1.29 is 27.1 Å². The second-order valence-electron chi connectivity index (χ2n) is 9.96. The number of nitrogens with one attached hydrogen (secondary N) is 1. The zero-order valence-electron chi connectivity index (χ0n) is 24.1.